The van der Waals surface area contributed by atoms with E-state index in [9.17, 15) is 4.79 Å². The zero-order valence-corrected chi connectivity index (χ0v) is 11.4. The van der Waals surface area contributed by atoms with Gasteiger partial charge in [-0.25, -0.2) is 9.78 Å². The molecule has 0 aliphatic heterocycles. The molecule has 0 atom stereocenters. The van der Waals surface area contributed by atoms with E-state index in [-0.39, 0.29) is 0 Å². The van der Waals surface area contributed by atoms with Crippen molar-refractivity contribution in [2.75, 3.05) is 12.3 Å². The molecule has 0 aromatic carbocycles. The van der Waals surface area contributed by atoms with E-state index < -0.39 is 5.97 Å². The second-order valence-corrected chi connectivity index (χ2v) is 4.57. The molecule has 0 unspecified atom stereocenters. The Hall–Kier alpha value is -0.850. The Morgan fingerprint density at radius 3 is 2.94 bits per heavy atom. The lowest BCUT2D eigenvalue weighted by Crippen LogP contribution is -2.11. The number of ether oxygens (including phenoxy) is 1. The van der Waals surface area contributed by atoms with Gasteiger partial charge in [-0.1, -0.05) is 19.8 Å². The number of hydrogen-bond donors (Lipinski definition) is 1. The summed E-state index contributed by atoms with van der Waals surface area (Å²) in [5, 5.41) is 0. The molecule has 5 heteroatoms. The van der Waals surface area contributed by atoms with E-state index in [0.717, 1.165) is 22.8 Å². The molecule has 0 bridgehead atoms. The number of aromatic nitrogens is 1. The van der Waals surface area contributed by atoms with Crippen molar-refractivity contribution in [3.05, 3.63) is 21.4 Å². The molecule has 1 heterocycles. The van der Waals surface area contributed by atoms with Crippen molar-refractivity contribution in [1.29, 1.82) is 0 Å². The Morgan fingerprint density at radius 2 is 2.25 bits per heavy atom. The van der Waals surface area contributed by atoms with E-state index in [1.807, 2.05) is 22.6 Å². The van der Waals surface area contributed by atoms with Gasteiger partial charge in [0.05, 0.1) is 6.61 Å². The van der Waals surface area contributed by atoms with E-state index >= 15 is 0 Å². The normalized spacial score (nSPS) is 10.1. The molecule has 0 fully saturated rings. The van der Waals surface area contributed by atoms with Crippen molar-refractivity contribution in [3.8, 4) is 0 Å². The molecule has 1 rings (SSSR count). The summed E-state index contributed by atoms with van der Waals surface area (Å²) in [6, 6.07) is 3.42. The number of pyridine rings is 1. The lowest BCUT2D eigenvalue weighted by atomic mass is 10.3. The molecular formula is C11H15IN2O2. The molecule has 0 amide bonds. The van der Waals surface area contributed by atoms with Gasteiger partial charge in [0.15, 0.2) is 5.69 Å². The number of carbonyl (C=O) groups excluding carboxylic acids is 1. The number of esters is 1. The van der Waals surface area contributed by atoms with Crippen LogP contribution in [0.25, 0.3) is 0 Å². The predicted octanol–water partition coefficient (Wildman–Crippen LogP) is 2.62. The van der Waals surface area contributed by atoms with Crippen molar-refractivity contribution in [2.45, 2.75) is 26.2 Å². The maximum absolute atomic E-state index is 11.6. The third-order valence-electron chi connectivity index (χ3n) is 2.04. The maximum Gasteiger partial charge on any atom is 0.358 e. The molecule has 0 radical (unpaired) electrons. The SMILES string of the molecule is CCCCCOC(=O)c1nc(N)ccc1I. The summed E-state index contributed by atoms with van der Waals surface area (Å²) in [7, 11) is 0. The highest BCUT2D eigenvalue weighted by molar-refractivity contribution is 14.1. The summed E-state index contributed by atoms with van der Waals surface area (Å²) in [5.74, 6) is -0.0614. The summed E-state index contributed by atoms with van der Waals surface area (Å²) in [6.45, 7) is 2.55. The fraction of sp³-hybridized carbons (Fsp3) is 0.455. The van der Waals surface area contributed by atoms with Gasteiger partial charge in [-0.2, -0.15) is 0 Å². The molecule has 88 valence electrons. The van der Waals surface area contributed by atoms with E-state index in [0.29, 0.717) is 18.1 Å². The van der Waals surface area contributed by atoms with E-state index in [1.165, 1.54) is 0 Å². The minimum Gasteiger partial charge on any atom is -0.461 e. The number of unbranched alkanes of at least 4 members (excludes halogenated alkanes) is 2. The van der Waals surface area contributed by atoms with Gasteiger partial charge in [-0.15, -0.1) is 0 Å². The van der Waals surface area contributed by atoms with Crippen LogP contribution in [0.1, 0.15) is 36.7 Å². The molecule has 2 N–H and O–H groups in total. The summed E-state index contributed by atoms with van der Waals surface area (Å²) in [5.41, 5.74) is 5.82. The van der Waals surface area contributed by atoms with Crippen LogP contribution in [0.2, 0.25) is 0 Å². The van der Waals surface area contributed by atoms with Crippen molar-refractivity contribution >= 4 is 34.4 Å². The van der Waals surface area contributed by atoms with Crippen molar-refractivity contribution in [1.82, 2.24) is 4.98 Å². The molecule has 0 spiro atoms. The minimum atomic E-state index is -0.396. The van der Waals surface area contributed by atoms with Gasteiger partial charge >= 0.3 is 5.97 Å². The van der Waals surface area contributed by atoms with Crippen LogP contribution in [-0.4, -0.2) is 17.6 Å². The van der Waals surface area contributed by atoms with E-state index in [4.69, 9.17) is 10.5 Å². The zero-order valence-electron chi connectivity index (χ0n) is 9.20. The van der Waals surface area contributed by atoms with Crippen LogP contribution in [-0.2, 0) is 4.74 Å². The Morgan fingerprint density at radius 1 is 1.50 bits per heavy atom. The number of rotatable bonds is 5. The molecule has 0 saturated heterocycles. The highest BCUT2D eigenvalue weighted by Crippen LogP contribution is 2.13. The van der Waals surface area contributed by atoms with Crippen molar-refractivity contribution in [2.24, 2.45) is 0 Å². The first-order valence-electron chi connectivity index (χ1n) is 5.24. The molecule has 0 aliphatic rings. The van der Waals surface area contributed by atoms with Crippen molar-refractivity contribution < 1.29 is 9.53 Å². The van der Waals surface area contributed by atoms with Crippen LogP contribution in [0.3, 0.4) is 0 Å². The van der Waals surface area contributed by atoms with Gasteiger partial charge in [0, 0.05) is 3.57 Å². The summed E-state index contributed by atoms with van der Waals surface area (Å²) < 4.78 is 5.86. The Balaban J connectivity index is 2.55. The standard InChI is InChI=1S/C11H15IN2O2/c1-2-3-4-7-16-11(15)10-8(12)5-6-9(13)14-10/h5-6H,2-4,7H2,1H3,(H2,13,14). The molecule has 1 aromatic rings. The van der Waals surface area contributed by atoms with Crippen LogP contribution < -0.4 is 5.73 Å². The largest absolute Gasteiger partial charge is 0.461 e. The Kier molecular flexibility index (Phi) is 5.51. The van der Waals surface area contributed by atoms with Crippen LogP contribution in [0.5, 0.6) is 0 Å². The highest BCUT2D eigenvalue weighted by Gasteiger charge is 2.13. The van der Waals surface area contributed by atoms with E-state index in [2.05, 4.69) is 11.9 Å². The first-order chi connectivity index (χ1) is 7.65. The number of nitrogens with zero attached hydrogens (tertiary/aromatic N) is 1. The van der Waals surface area contributed by atoms with Gasteiger partial charge in [-0.05, 0) is 41.1 Å². The zero-order chi connectivity index (χ0) is 12.0. The summed E-state index contributed by atoms with van der Waals surface area (Å²) in [6.07, 6.45) is 3.06. The Labute approximate surface area is 109 Å². The maximum atomic E-state index is 11.6. The van der Waals surface area contributed by atoms with Crippen LogP contribution in [0, 0.1) is 3.57 Å². The fourth-order valence-electron chi connectivity index (χ4n) is 1.19. The highest BCUT2D eigenvalue weighted by atomic mass is 127. The number of nitrogen functional groups attached to an aromatic ring is 1. The topological polar surface area (TPSA) is 65.2 Å². The molecule has 16 heavy (non-hydrogen) atoms. The number of hydrogen-bond acceptors (Lipinski definition) is 4. The van der Waals surface area contributed by atoms with E-state index in [1.54, 1.807) is 12.1 Å². The number of nitrogens with two attached hydrogens (primary N) is 1. The smallest absolute Gasteiger partial charge is 0.358 e. The van der Waals surface area contributed by atoms with Gasteiger partial charge in [0.1, 0.15) is 5.82 Å². The van der Waals surface area contributed by atoms with Gasteiger partial charge in [0.25, 0.3) is 0 Å². The van der Waals surface area contributed by atoms with Crippen molar-refractivity contribution in [3.63, 3.8) is 0 Å². The molecule has 4 nitrogen and oxygen atoms in total. The minimum absolute atomic E-state index is 0.303. The predicted molar refractivity (Wildman–Crippen MR) is 71.2 cm³/mol. The molecular weight excluding hydrogens is 319 g/mol. The average molecular weight is 334 g/mol. The van der Waals surface area contributed by atoms with Crippen LogP contribution >= 0.6 is 22.6 Å². The van der Waals surface area contributed by atoms with Gasteiger partial charge in [-0.3, -0.25) is 0 Å². The lowest BCUT2D eigenvalue weighted by molar-refractivity contribution is 0.0490. The summed E-state index contributed by atoms with van der Waals surface area (Å²) in [4.78, 5) is 15.6. The quantitative estimate of drug-likeness (QED) is 0.511. The number of halogens is 1. The van der Waals surface area contributed by atoms with Gasteiger partial charge < -0.3 is 10.5 Å². The third-order valence-corrected chi connectivity index (χ3v) is 2.91. The van der Waals surface area contributed by atoms with Crippen LogP contribution in [0.4, 0.5) is 5.82 Å². The number of anilines is 1. The number of carbonyl (C=O) groups is 1. The lowest BCUT2D eigenvalue weighted by Gasteiger charge is -2.05. The second kappa shape index (κ2) is 6.67. The molecule has 0 saturated carbocycles. The van der Waals surface area contributed by atoms with Gasteiger partial charge in [0.2, 0.25) is 0 Å². The third kappa shape index (κ3) is 3.96. The monoisotopic (exact) mass is 334 g/mol. The molecule has 0 aliphatic carbocycles. The molecule has 1 aromatic heterocycles. The summed E-state index contributed by atoms with van der Waals surface area (Å²) >= 11 is 2.04. The first-order valence-corrected chi connectivity index (χ1v) is 6.32. The fourth-order valence-corrected chi connectivity index (χ4v) is 1.71. The van der Waals surface area contributed by atoms with Crippen LogP contribution in [0.15, 0.2) is 12.1 Å². The Bertz CT molecular complexity index is 369. The second-order valence-electron chi connectivity index (χ2n) is 3.41. The first kappa shape index (κ1) is 13.2. The average Bonchev–Trinajstić information content (AvgIpc) is 2.27.